The van der Waals surface area contributed by atoms with Crippen molar-refractivity contribution in [3.05, 3.63) is 53.4 Å². The first kappa shape index (κ1) is 13.2. The first-order valence-corrected chi connectivity index (χ1v) is 7.04. The van der Waals surface area contributed by atoms with Crippen LogP contribution in [0.1, 0.15) is 49.1 Å². The molecule has 0 amide bonds. The van der Waals surface area contributed by atoms with Crippen LogP contribution < -0.4 is 5.73 Å². The molecule has 2 N–H and O–H groups in total. The smallest absolute Gasteiger partial charge is 0.134 e. The van der Waals surface area contributed by atoms with E-state index in [1.54, 1.807) is 6.20 Å². The molecule has 1 atom stereocenters. The minimum Gasteiger partial charge on any atom is -0.324 e. The Bertz CT molecular complexity index is 607. The molecule has 3 rings (SSSR count). The van der Waals surface area contributed by atoms with Gasteiger partial charge in [-0.3, -0.25) is 4.98 Å². The summed E-state index contributed by atoms with van der Waals surface area (Å²) in [6.07, 6.45) is 6.33. The summed E-state index contributed by atoms with van der Waals surface area (Å²) >= 11 is 0. The zero-order chi connectivity index (χ0) is 14.2. The van der Waals surface area contributed by atoms with Gasteiger partial charge in [-0.25, -0.2) is 9.97 Å². The van der Waals surface area contributed by atoms with Crippen molar-refractivity contribution in [3.8, 4) is 0 Å². The fraction of sp³-hybridized carbons (Fsp3) is 0.438. The van der Waals surface area contributed by atoms with Gasteiger partial charge in [-0.15, -0.1) is 0 Å². The van der Waals surface area contributed by atoms with Gasteiger partial charge in [0.2, 0.25) is 0 Å². The van der Waals surface area contributed by atoms with E-state index in [0.29, 0.717) is 6.42 Å². The Balaban J connectivity index is 1.89. The average Bonchev–Trinajstić information content (AvgIpc) is 2.38. The van der Waals surface area contributed by atoms with Gasteiger partial charge >= 0.3 is 0 Å². The van der Waals surface area contributed by atoms with Crippen LogP contribution in [0.5, 0.6) is 0 Å². The molecular weight excluding hydrogens is 248 g/mol. The Labute approximate surface area is 119 Å². The summed E-state index contributed by atoms with van der Waals surface area (Å²) in [6.45, 7) is 4.49. The maximum atomic E-state index is 6.23. The van der Waals surface area contributed by atoms with E-state index in [1.807, 2.05) is 24.4 Å². The molecule has 2 aromatic rings. The average molecular weight is 268 g/mol. The Hall–Kier alpha value is -1.81. The third kappa shape index (κ3) is 2.70. The van der Waals surface area contributed by atoms with Crippen molar-refractivity contribution >= 4 is 0 Å². The number of aromatic nitrogens is 3. The second-order valence-corrected chi connectivity index (χ2v) is 6.34. The first-order chi connectivity index (χ1) is 9.53. The molecule has 0 saturated carbocycles. The minimum absolute atomic E-state index is 0.0534. The highest BCUT2D eigenvalue weighted by molar-refractivity contribution is 5.27. The molecule has 2 heterocycles. The van der Waals surface area contributed by atoms with Crippen molar-refractivity contribution in [2.45, 2.75) is 39.2 Å². The van der Waals surface area contributed by atoms with Gasteiger partial charge in [0.1, 0.15) is 5.82 Å². The molecule has 1 aliphatic carbocycles. The van der Waals surface area contributed by atoms with Crippen molar-refractivity contribution in [1.29, 1.82) is 0 Å². The van der Waals surface area contributed by atoms with Crippen LogP contribution >= 0.6 is 0 Å². The lowest BCUT2D eigenvalue weighted by Gasteiger charge is -2.34. The fourth-order valence-electron chi connectivity index (χ4n) is 2.90. The zero-order valence-corrected chi connectivity index (χ0v) is 12.0. The van der Waals surface area contributed by atoms with Gasteiger partial charge in [-0.2, -0.15) is 0 Å². The molecule has 1 aliphatic rings. The van der Waals surface area contributed by atoms with E-state index in [4.69, 9.17) is 10.7 Å². The van der Waals surface area contributed by atoms with Crippen LogP contribution in [0.2, 0.25) is 0 Å². The van der Waals surface area contributed by atoms with Crippen LogP contribution in [0.3, 0.4) is 0 Å². The molecule has 104 valence electrons. The summed E-state index contributed by atoms with van der Waals surface area (Å²) in [7, 11) is 0. The number of rotatable bonds is 2. The third-order valence-corrected chi connectivity index (χ3v) is 3.83. The molecule has 0 saturated heterocycles. The minimum atomic E-state index is 0.0534. The van der Waals surface area contributed by atoms with E-state index in [1.165, 1.54) is 0 Å². The Morgan fingerprint density at radius 2 is 2.15 bits per heavy atom. The van der Waals surface area contributed by atoms with Crippen molar-refractivity contribution in [2.75, 3.05) is 0 Å². The predicted molar refractivity (Wildman–Crippen MR) is 78.1 cm³/mol. The predicted octanol–water partition coefficient (Wildman–Crippen LogP) is 2.43. The lowest BCUT2D eigenvalue weighted by Crippen LogP contribution is -2.31. The maximum absolute atomic E-state index is 6.23. The van der Waals surface area contributed by atoms with E-state index in [-0.39, 0.29) is 11.5 Å². The molecular formula is C16H20N4. The highest BCUT2D eigenvalue weighted by Crippen LogP contribution is 2.38. The fourth-order valence-corrected chi connectivity index (χ4v) is 2.90. The molecule has 0 fully saturated rings. The lowest BCUT2D eigenvalue weighted by molar-refractivity contribution is 0.277. The van der Waals surface area contributed by atoms with Gasteiger partial charge in [0, 0.05) is 35.4 Å². The van der Waals surface area contributed by atoms with Crippen LogP contribution in [-0.2, 0) is 12.8 Å². The van der Waals surface area contributed by atoms with Gasteiger partial charge in [0.05, 0.1) is 6.42 Å². The van der Waals surface area contributed by atoms with Crippen molar-refractivity contribution in [3.63, 3.8) is 0 Å². The molecule has 1 unspecified atom stereocenters. The topological polar surface area (TPSA) is 64.7 Å². The van der Waals surface area contributed by atoms with E-state index < -0.39 is 0 Å². The number of hydrogen-bond donors (Lipinski definition) is 1. The van der Waals surface area contributed by atoms with Crippen LogP contribution in [0.15, 0.2) is 30.6 Å². The number of fused-ring (bicyclic) bond motifs is 1. The quantitative estimate of drug-likeness (QED) is 0.908. The first-order valence-electron chi connectivity index (χ1n) is 7.04. The van der Waals surface area contributed by atoms with E-state index in [9.17, 15) is 0 Å². The second-order valence-electron chi connectivity index (χ2n) is 6.34. The summed E-state index contributed by atoms with van der Waals surface area (Å²) in [5, 5.41) is 0. The number of nitrogens with two attached hydrogens (primary N) is 1. The summed E-state index contributed by atoms with van der Waals surface area (Å²) in [4.78, 5) is 13.5. The molecule has 4 nitrogen and oxygen atoms in total. The Morgan fingerprint density at radius 1 is 1.30 bits per heavy atom. The molecule has 0 aromatic carbocycles. The van der Waals surface area contributed by atoms with Gasteiger partial charge in [-0.05, 0) is 30.4 Å². The Kier molecular flexibility index (Phi) is 3.26. The lowest BCUT2D eigenvalue weighted by atomic mass is 9.74. The highest BCUT2D eigenvalue weighted by atomic mass is 14.9. The molecule has 4 heteroatoms. The number of nitrogens with zero attached hydrogens (tertiary/aromatic N) is 3. The largest absolute Gasteiger partial charge is 0.324 e. The van der Waals surface area contributed by atoms with Gasteiger partial charge in [0.15, 0.2) is 0 Å². The molecule has 2 aromatic heterocycles. The van der Waals surface area contributed by atoms with Gasteiger partial charge in [0.25, 0.3) is 0 Å². The zero-order valence-electron chi connectivity index (χ0n) is 12.0. The summed E-state index contributed by atoms with van der Waals surface area (Å²) < 4.78 is 0. The summed E-state index contributed by atoms with van der Waals surface area (Å²) in [6, 6.07) is 5.95. The SMILES string of the molecule is CC1(C)Cc2nc(Cc3ccccn3)ncc2C(N)C1. The maximum Gasteiger partial charge on any atom is 0.134 e. The normalized spacial score (nSPS) is 20.4. The third-order valence-electron chi connectivity index (χ3n) is 3.83. The van der Waals surface area contributed by atoms with E-state index in [2.05, 4.69) is 23.8 Å². The number of pyridine rings is 1. The van der Waals surface area contributed by atoms with Crippen LogP contribution in [0.4, 0.5) is 0 Å². The molecule has 20 heavy (non-hydrogen) atoms. The molecule has 0 spiro atoms. The van der Waals surface area contributed by atoms with E-state index >= 15 is 0 Å². The Morgan fingerprint density at radius 3 is 2.90 bits per heavy atom. The second kappa shape index (κ2) is 4.94. The van der Waals surface area contributed by atoms with Crippen molar-refractivity contribution in [2.24, 2.45) is 11.1 Å². The van der Waals surface area contributed by atoms with Crippen LogP contribution in [-0.4, -0.2) is 15.0 Å². The monoisotopic (exact) mass is 268 g/mol. The molecule has 0 aliphatic heterocycles. The van der Waals surface area contributed by atoms with Gasteiger partial charge in [-0.1, -0.05) is 19.9 Å². The summed E-state index contributed by atoms with van der Waals surface area (Å²) in [5.74, 6) is 0.826. The standard InChI is InChI=1S/C16H20N4/c1-16(2)8-13(17)12-10-19-15(20-14(12)9-16)7-11-5-3-4-6-18-11/h3-6,10,13H,7-9,17H2,1-2H3. The van der Waals surface area contributed by atoms with Crippen molar-refractivity contribution < 1.29 is 0 Å². The van der Waals surface area contributed by atoms with Crippen LogP contribution in [0, 0.1) is 5.41 Å². The summed E-state index contributed by atoms with van der Waals surface area (Å²) in [5.41, 5.74) is 9.65. The van der Waals surface area contributed by atoms with E-state index in [0.717, 1.165) is 35.6 Å². The van der Waals surface area contributed by atoms with Gasteiger partial charge < -0.3 is 5.73 Å². The molecule has 0 bridgehead atoms. The molecule has 0 radical (unpaired) electrons. The van der Waals surface area contributed by atoms with Crippen LogP contribution in [0.25, 0.3) is 0 Å². The van der Waals surface area contributed by atoms with Crippen molar-refractivity contribution in [1.82, 2.24) is 15.0 Å². The number of hydrogen-bond acceptors (Lipinski definition) is 4. The highest BCUT2D eigenvalue weighted by Gasteiger charge is 2.31.